The standard InChI is InChI=1S/C16H15ClF2N2O4S/c17-13-6-3-11(9-14(13)26(20,23)24)15(22)21-8-7-10-1-4-12(5-2-10)25-16(18)19/h1-6,9,16H,7-8H2,(H,21,22)(H2,20,23,24). The van der Waals surface area contributed by atoms with Gasteiger partial charge in [0.25, 0.3) is 5.91 Å². The topological polar surface area (TPSA) is 98.5 Å². The molecule has 0 saturated heterocycles. The number of rotatable bonds is 7. The van der Waals surface area contributed by atoms with Crippen molar-refractivity contribution in [3.8, 4) is 5.75 Å². The van der Waals surface area contributed by atoms with Crippen molar-refractivity contribution in [2.24, 2.45) is 5.14 Å². The maximum Gasteiger partial charge on any atom is 0.387 e. The number of halogens is 3. The van der Waals surface area contributed by atoms with Gasteiger partial charge in [-0.25, -0.2) is 13.6 Å². The van der Waals surface area contributed by atoms with E-state index in [4.69, 9.17) is 16.7 Å². The average molecular weight is 405 g/mol. The Bertz CT molecular complexity index is 890. The molecule has 0 aliphatic rings. The molecule has 0 aromatic heterocycles. The van der Waals surface area contributed by atoms with Gasteiger partial charge in [-0.1, -0.05) is 23.7 Å². The van der Waals surface area contributed by atoms with Gasteiger partial charge >= 0.3 is 6.61 Å². The van der Waals surface area contributed by atoms with Crippen molar-refractivity contribution in [3.63, 3.8) is 0 Å². The maximum atomic E-state index is 12.1. The van der Waals surface area contributed by atoms with E-state index in [2.05, 4.69) is 10.1 Å². The Balaban J connectivity index is 1.95. The van der Waals surface area contributed by atoms with E-state index in [-0.39, 0.29) is 27.8 Å². The van der Waals surface area contributed by atoms with Crippen LogP contribution in [-0.4, -0.2) is 27.5 Å². The number of nitrogens with one attached hydrogen (secondary N) is 1. The highest BCUT2D eigenvalue weighted by Crippen LogP contribution is 2.21. The van der Waals surface area contributed by atoms with Crippen molar-refractivity contribution in [2.45, 2.75) is 17.9 Å². The van der Waals surface area contributed by atoms with Crippen molar-refractivity contribution in [1.82, 2.24) is 5.32 Å². The van der Waals surface area contributed by atoms with Crippen LogP contribution in [0.2, 0.25) is 5.02 Å². The van der Waals surface area contributed by atoms with Crippen LogP contribution < -0.4 is 15.2 Å². The van der Waals surface area contributed by atoms with Gasteiger partial charge in [-0.2, -0.15) is 8.78 Å². The van der Waals surface area contributed by atoms with Crippen LogP contribution in [0.25, 0.3) is 0 Å². The van der Waals surface area contributed by atoms with E-state index < -0.39 is 22.5 Å². The SMILES string of the molecule is NS(=O)(=O)c1cc(C(=O)NCCc2ccc(OC(F)F)cc2)ccc1Cl. The summed E-state index contributed by atoms with van der Waals surface area (Å²) in [6.07, 6.45) is 0.441. The van der Waals surface area contributed by atoms with Gasteiger partial charge in [-0.05, 0) is 42.3 Å². The number of hydrogen-bond acceptors (Lipinski definition) is 4. The molecule has 2 aromatic carbocycles. The lowest BCUT2D eigenvalue weighted by molar-refractivity contribution is -0.0498. The first-order chi connectivity index (χ1) is 12.2. The molecule has 0 atom stereocenters. The Morgan fingerprint density at radius 3 is 2.42 bits per heavy atom. The first-order valence-corrected chi connectivity index (χ1v) is 9.23. The van der Waals surface area contributed by atoms with E-state index >= 15 is 0 Å². The minimum absolute atomic E-state index is 0.0458. The summed E-state index contributed by atoms with van der Waals surface area (Å²) >= 11 is 5.77. The molecule has 0 radical (unpaired) electrons. The van der Waals surface area contributed by atoms with Gasteiger partial charge in [0.2, 0.25) is 10.0 Å². The molecule has 0 heterocycles. The number of benzene rings is 2. The molecule has 0 bridgehead atoms. The molecule has 0 spiro atoms. The van der Waals surface area contributed by atoms with Crippen molar-refractivity contribution in [1.29, 1.82) is 0 Å². The zero-order chi connectivity index (χ0) is 19.3. The van der Waals surface area contributed by atoms with Gasteiger partial charge in [0.1, 0.15) is 10.6 Å². The van der Waals surface area contributed by atoms with Gasteiger partial charge in [0.05, 0.1) is 5.02 Å². The Kier molecular flexibility index (Phi) is 6.52. The van der Waals surface area contributed by atoms with E-state index in [1.54, 1.807) is 12.1 Å². The normalized spacial score (nSPS) is 11.4. The Labute approximate surface area is 154 Å². The lowest BCUT2D eigenvalue weighted by atomic mass is 10.1. The highest BCUT2D eigenvalue weighted by atomic mass is 35.5. The summed E-state index contributed by atoms with van der Waals surface area (Å²) in [6, 6.07) is 9.77. The molecule has 0 aliphatic carbocycles. The number of carbonyl (C=O) groups is 1. The first-order valence-electron chi connectivity index (χ1n) is 7.31. The fourth-order valence-corrected chi connectivity index (χ4v) is 3.19. The molecule has 2 rings (SSSR count). The minimum atomic E-state index is -4.04. The summed E-state index contributed by atoms with van der Waals surface area (Å²) in [5.41, 5.74) is 0.896. The Hall–Kier alpha value is -2.23. The van der Waals surface area contributed by atoms with Crippen LogP contribution in [0, 0.1) is 0 Å². The maximum absolute atomic E-state index is 12.1. The number of sulfonamides is 1. The third-order valence-corrected chi connectivity index (χ3v) is 4.74. The molecular formula is C16H15ClF2N2O4S. The van der Waals surface area contributed by atoms with E-state index in [9.17, 15) is 22.0 Å². The van der Waals surface area contributed by atoms with Crippen LogP contribution in [-0.2, 0) is 16.4 Å². The predicted molar refractivity (Wildman–Crippen MR) is 91.9 cm³/mol. The molecule has 3 N–H and O–H groups in total. The van der Waals surface area contributed by atoms with Crippen LogP contribution in [0.3, 0.4) is 0 Å². The second-order valence-electron chi connectivity index (χ2n) is 5.22. The number of ether oxygens (including phenoxy) is 1. The minimum Gasteiger partial charge on any atom is -0.435 e. The highest BCUT2D eigenvalue weighted by molar-refractivity contribution is 7.89. The summed E-state index contributed by atoms with van der Waals surface area (Å²) in [5.74, 6) is -0.450. The molecule has 0 saturated carbocycles. The van der Waals surface area contributed by atoms with E-state index in [1.165, 1.54) is 24.3 Å². The molecule has 2 aromatic rings. The summed E-state index contributed by atoms with van der Waals surface area (Å²) in [4.78, 5) is 11.8. The molecule has 0 aliphatic heterocycles. The smallest absolute Gasteiger partial charge is 0.387 e. The van der Waals surface area contributed by atoms with Gasteiger partial charge in [-0.15, -0.1) is 0 Å². The second kappa shape index (κ2) is 8.43. The number of hydrogen-bond donors (Lipinski definition) is 2. The number of nitrogens with two attached hydrogens (primary N) is 1. The van der Waals surface area contributed by atoms with Gasteiger partial charge in [0, 0.05) is 12.1 Å². The lowest BCUT2D eigenvalue weighted by Gasteiger charge is -2.08. The quantitative estimate of drug-likeness (QED) is 0.740. The van der Waals surface area contributed by atoms with Crippen molar-refractivity contribution >= 4 is 27.5 Å². The molecule has 0 unspecified atom stereocenters. The monoisotopic (exact) mass is 404 g/mol. The van der Waals surface area contributed by atoms with Gasteiger partial charge in [0.15, 0.2) is 0 Å². The lowest BCUT2D eigenvalue weighted by Crippen LogP contribution is -2.26. The fourth-order valence-electron chi connectivity index (χ4n) is 2.12. The Morgan fingerprint density at radius 1 is 1.19 bits per heavy atom. The molecule has 26 heavy (non-hydrogen) atoms. The average Bonchev–Trinajstić information content (AvgIpc) is 2.55. The number of primary sulfonamides is 1. The van der Waals surface area contributed by atoms with Crippen LogP contribution in [0.15, 0.2) is 47.4 Å². The Morgan fingerprint density at radius 2 is 1.85 bits per heavy atom. The van der Waals surface area contributed by atoms with Crippen LogP contribution in [0.5, 0.6) is 5.75 Å². The fraction of sp³-hybridized carbons (Fsp3) is 0.188. The van der Waals surface area contributed by atoms with E-state index in [0.717, 1.165) is 11.6 Å². The summed E-state index contributed by atoms with van der Waals surface area (Å²) in [5, 5.41) is 7.59. The largest absolute Gasteiger partial charge is 0.435 e. The van der Waals surface area contributed by atoms with Crippen LogP contribution in [0.4, 0.5) is 8.78 Å². The summed E-state index contributed by atoms with van der Waals surface area (Å²) in [6.45, 7) is -2.64. The summed E-state index contributed by atoms with van der Waals surface area (Å²) in [7, 11) is -4.04. The van der Waals surface area contributed by atoms with Crippen molar-refractivity contribution < 1.29 is 26.7 Å². The van der Waals surface area contributed by atoms with Gasteiger partial charge in [-0.3, -0.25) is 4.79 Å². The molecule has 6 nitrogen and oxygen atoms in total. The van der Waals surface area contributed by atoms with Gasteiger partial charge < -0.3 is 10.1 Å². The first kappa shape index (κ1) is 20.1. The second-order valence-corrected chi connectivity index (χ2v) is 7.16. The van der Waals surface area contributed by atoms with Crippen molar-refractivity contribution in [3.05, 3.63) is 58.6 Å². The number of carbonyl (C=O) groups excluding carboxylic acids is 1. The van der Waals surface area contributed by atoms with Crippen molar-refractivity contribution in [2.75, 3.05) is 6.54 Å². The third-order valence-electron chi connectivity index (χ3n) is 3.35. The zero-order valence-electron chi connectivity index (χ0n) is 13.3. The van der Waals surface area contributed by atoms with Crippen LogP contribution in [0.1, 0.15) is 15.9 Å². The summed E-state index contributed by atoms with van der Waals surface area (Å²) < 4.78 is 51.3. The molecule has 0 fully saturated rings. The van der Waals surface area contributed by atoms with E-state index in [1.807, 2.05) is 0 Å². The van der Waals surface area contributed by atoms with E-state index in [0.29, 0.717) is 6.42 Å². The predicted octanol–water partition coefficient (Wildman–Crippen LogP) is 2.56. The highest BCUT2D eigenvalue weighted by Gasteiger charge is 2.16. The third kappa shape index (κ3) is 5.65. The number of alkyl halides is 2. The molecule has 10 heteroatoms. The van der Waals surface area contributed by atoms with Crippen LogP contribution >= 0.6 is 11.6 Å². The molecule has 140 valence electrons. The number of amides is 1. The molecule has 1 amide bonds. The molecular weight excluding hydrogens is 390 g/mol. The zero-order valence-corrected chi connectivity index (χ0v) is 14.9.